The molecule has 1 heterocycles. The average Bonchev–Trinajstić information content (AvgIpc) is 3.42. The minimum Gasteiger partial charge on any atom is -0.357 e. The molecule has 0 aromatic heterocycles. The highest BCUT2D eigenvalue weighted by atomic mass is 35.5. The zero-order valence-electron chi connectivity index (χ0n) is 16.6. The Kier molecular flexibility index (Phi) is 4.73. The van der Waals surface area contributed by atoms with Crippen molar-refractivity contribution in [3.8, 4) is 11.1 Å². The van der Waals surface area contributed by atoms with E-state index in [9.17, 15) is 4.79 Å². The summed E-state index contributed by atoms with van der Waals surface area (Å²) in [5, 5.41) is 1.21. The predicted octanol–water partition coefficient (Wildman–Crippen LogP) is 7.08. The van der Waals surface area contributed by atoms with E-state index in [4.69, 9.17) is 27.9 Å². The van der Waals surface area contributed by atoms with Gasteiger partial charge < -0.3 is 4.74 Å². The maximum Gasteiger partial charge on any atom is 0.194 e. The molecular weight excluding hydrogens is 391 g/mol. The lowest BCUT2D eigenvalue weighted by Crippen LogP contribution is -2.46. The molecule has 28 heavy (non-hydrogen) atoms. The smallest absolute Gasteiger partial charge is 0.194 e. The van der Waals surface area contributed by atoms with Crippen LogP contribution in [0.5, 0.6) is 0 Å². The van der Waals surface area contributed by atoms with E-state index in [2.05, 4.69) is 18.2 Å². The molecule has 0 spiro atoms. The Labute approximate surface area is 176 Å². The van der Waals surface area contributed by atoms with Gasteiger partial charge in [-0.2, -0.15) is 0 Å². The molecule has 0 amide bonds. The van der Waals surface area contributed by atoms with Gasteiger partial charge in [0, 0.05) is 21.2 Å². The van der Waals surface area contributed by atoms with Crippen LogP contribution >= 0.6 is 23.2 Å². The van der Waals surface area contributed by atoms with Gasteiger partial charge in [-0.05, 0) is 87.4 Å². The first-order chi connectivity index (χ1) is 13.1. The standard InChI is InChI=1S/C24H24Cl2O2/c1-23(2)13-20(22(27)24(3,4)28-23)19-11-15(7-9-17(19)14-5-6-14)18-10-8-16(25)12-21(18)26/h7-14H,5-6H2,1-4H3. The molecule has 2 aliphatic rings. The van der Waals surface area contributed by atoms with Gasteiger partial charge in [0.05, 0.1) is 5.60 Å². The summed E-state index contributed by atoms with van der Waals surface area (Å²) < 4.78 is 6.03. The summed E-state index contributed by atoms with van der Waals surface area (Å²) in [5.41, 5.74) is 3.51. The highest BCUT2D eigenvalue weighted by Gasteiger charge is 2.42. The van der Waals surface area contributed by atoms with Crippen molar-refractivity contribution in [3.63, 3.8) is 0 Å². The Balaban J connectivity index is 1.90. The van der Waals surface area contributed by atoms with E-state index >= 15 is 0 Å². The van der Waals surface area contributed by atoms with Gasteiger partial charge in [-0.15, -0.1) is 0 Å². The average molecular weight is 415 g/mol. The summed E-state index contributed by atoms with van der Waals surface area (Å²) >= 11 is 12.5. The number of hydrogen-bond donors (Lipinski definition) is 0. The van der Waals surface area contributed by atoms with Crippen molar-refractivity contribution in [3.05, 3.63) is 63.6 Å². The molecular formula is C24H24Cl2O2. The number of rotatable bonds is 3. The number of ether oxygens (including phenoxy) is 1. The first kappa shape index (κ1) is 19.7. The molecule has 1 aliphatic heterocycles. The molecule has 1 saturated carbocycles. The second-order valence-electron chi connectivity index (χ2n) is 8.80. The largest absolute Gasteiger partial charge is 0.357 e. The second kappa shape index (κ2) is 6.73. The van der Waals surface area contributed by atoms with Gasteiger partial charge in [0.1, 0.15) is 5.60 Å². The van der Waals surface area contributed by atoms with Gasteiger partial charge in [-0.1, -0.05) is 41.4 Å². The molecule has 146 valence electrons. The van der Waals surface area contributed by atoms with E-state index in [-0.39, 0.29) is 5.78 Å². The molecule has 0 atom stereocenters. The predicted molar refractivity (Wildman–Crippen MR) is 116 cm³/mol. The molecule has 2 nitrogen and oxygen atoms in total. The molecule has 0 bridgehead atoms. The molecule has 1 aliphatic carbocycles. The number of ketones is 1. The lowest BCUT2D eigenvalue weighted by molar-refractivity contribution is -0.150. The first-order valence-electron chi connectivity index (χ1n) is 9.65. The summed E-state index contributed by atoms with van der Waals surface area (Å²) in [4.78, 5) is 13.3. The lowest BCUT2D eigenvalue weighted by Gasteiger charge is -2.39. The van der Waals surface area contributed by atoms with Crippen LogP contribution in [0.1, 0.15) is 57.6 Å². The number of halogens is 2. The molecule has 0 N–H and O–H groups in total. The van der Waals surface area contributed by atoms with Crippen molar-refractivity contribution >= 4 is 34.6 Å². The van der Waals surface area contributed by atoms with Crippen molar-refractivity contribution in [2.75, 3.05) is 0 Å². The molecule has 2 aromatic rings. The van der Waals surface area contributed by atoms with E-state index in [0.29, 0.717) is 16.0 Å². The molecule has 0 unspecified atom stereocenters. The molecule has 4 heteroatoms. The van der Waals surface area contributed by atoms with Crippen LogP contribution in [-0.4, -0.2) is 17.0 Å². The van der Waals surface area contributed by atoms with Crippen molar-refractivity contribution < 1.29 is 9.53 Å². The van der Waals surface area contributed by atoms with E-state index in [0.717, 1.165) is 22.3 Å². The lowest BCUT2D eigenvalue weighted by atomic mass is 9.81. The molecule has 0 radical (unpaired) electrons. The quantitative estimate of drug-likeness (QED) is 0.536. The Bertz CT molecular complexity index is 998. The van der Waals surface area contributed by atoms with Crippen molar-refractivity contribution in [2.24, 2.45) is 0 Å². The van der Waals surface area contributed by atoms with E-state index in [1.807, 2.05) is 45.9 Å². The highest BCUT2D eigenvalue weighted by Crippen LogP contribution is 2.47. The Morgan fingerprint density at radius 3 is 2.32 bits per heavy atom. The van der Waals surface area contributed by atoms with Gasteiger partial charge >= 0.3 is 0 Å². The van der Waals surface area contributed by atoms with Crippen LogP contribution in [-0.2, 0) is 9.53 Å². The van der Waals surface area contributed by atoms with E-state index in [1.165, 1.54) is 18.4 Å². The fraction of sp³-hybridized carbons (Fsp3) is 0.375. The maximum atomic E-state index is 13.3. The van der Waals surface area contributed by atoms with Gasteiger partial charge in [0.2, 0.25) is 0 Å². The van der Waals surface area contributed by atoms with Gasteiger partial charge in [0.25, 0.3) is 0 Å². The Morgan fingerprint density at radius 1 is 0.964 bits per heavy atom. The SMILES string of the molecule is CC1(C)C=C(c2cc(-c3ccc(Cl)cc3Cl)ccc2C2CC2)C(=O)C(C)(C)O1. The number of hydrogen-bond acceptors (Lipinski definition) is 2. The van der Waals surface area contributed by atoms with E-state index in [1.54, 1.807) is 6.07 Å². The summed E-state index contributed by atoms with van der Waals surface area (Å²) in [6, 6.07) is 11.8. The molecule has 2 aromatic carbocycles. The van der Waals surface area contributed by atoms with Crippen molar-refractivity contribution in [1.29, 1.82) is 0 Å². The number of benzene rings is 2. The molecule has 1 fully saturated rings. The Morgan fingerprint density at radius 2 is 1.68 bits per heavy atom. The van der Waals surface area contributed by atoms with Gasteiger partial charge in [0.15, 0.2) is 5.78 Å². The highest BCUT2D eigenvalue weighted by molar-refractivity contribution is 6.36. The van der Waals surface area contributed by atoms with Gasteiger partial charge in [-0.3, -0.25) is 4.79 Å². The molecule has 0 saturated heterocycles. The third kappa shape index (κ3) is 3.66. The zero-order valence-corrected chi connectivity index (χ0v) is 18.1. The first-order valence-corrected chi connectivity index (χ1v) is 10.4. The van der Waals surface area contributed by atoms with Crippen LogP contribution in [0, 0.1) is 0 Å². The minimum absolute atomic E-state index is 0.0214. The fourth-order valence-electron chi connectivity index (χ4n) is 4.10. The van der Waals surface area contributed by atoms with Gasteiger partial charge in [-0.25, -0.2) is 0 Å². The van der Waals surface area contributed by atoms with Crippen LogP contribution in [0.15, 0.2) is 42.5 Å². The third-order valence-electron chi connectivity index (χ3n) is 5.40. The maximum absolute atomic E-state index is 13.3. The zero-order chi connectivity index (χ0) is 20.3. The minimum atomic E-state index is -0.859. The topological polar surface area (TPSA) is 26.3 Å². The molecule has 4 rings (SSSR count). The van der Waals surface area contributed by atoms with Crippen LogP contribution < -0.4 is 0 Å². The second-order valence-corrected chi connectivity index (χ2v) is 9.65. The number of Topliss-reactive ketones (excluding diaryl/α,β-unsaturated/α-hetero) is 1. The summed E-state index contributed by atoms with van der Waals surface area (Å²) in [5.74, 6) is 0.542. The summed E-state index contributed by atoms with van der Waals surface area (Å²) in [6.07, 6.45) is 4.30. The summed E-state index contributed by atoms with van der Waals surface area (Å²) in [6.45, 7) is 7.69. The van der Waals surface area contributed by atoms with E-state index < -0.39 is 11.2 Å². The van der Waals surface area contributed by atoms with Crippen LogP contribution in [0.3, 0.4) is 0 Å². The fourth-order valence-corrected chi connectivity index (χ4v) is 4.62. The summed E-state index contributed by atoms with van der Waals surface area (Å²) in [7, 11) is 0. The van der Waals surface area contributed by atoms with Crippen LogP contribution in [0.2, 0.25) is 10.0 Å². The van der Waals surface area contributed by atoms with Crippen molar-refractivity contribution in [1.82, 2.24) is 0 Å². The van der Waals surface area contributed by atoms with Crippen molar-refractivity contribution in [2.45, 2.75) is 57.7 Å². The normalized spacial score (nSPS) is 20.8. The number of carbonyl (C=O) groups excluding carboxylic acids is 1. The third-order valence-corrected chi connectivity index (χ3v) is 5.95. The van der Waals surface area contributed by atoms with Crippen LogP contribution in [0.25, 0.3) is 16.7 Å². The Hall–Kier alpha value is -1.61. The monoisotopic (exact) mass is 414 g/mol. The number of carbonyl (C=O) groups is 1. The van der Waals surface area contributed by atoms with Crippen LogP contribution in [0.4, 0.5) is 0 Å².